The van der Waals surface area contributed by atoms with Gasteiger partial charge in [0.25, 0.3) is 0 Å². The van der Waals surface area contributed by atoms with Gasteiger partial charge in [0.2, 0.25) is 0 Å². The third kappa shape index (κ3) is 56.0. The summed E-state index contributed by atoms with van der Waals surface area (Å²) in [4.78, 5) is 38.1. The predicted octanol–water partition coefficient (Wildman–Crippen LogP) is 20.4. The lowest BCUT2D eigenvalue weighted by atomic mass is 10.0. The van der Waals surface area contributed by atoms with Gasteiger partial charge in [0.15, 0.2) is 6.10 Å². The smallest absolute Gasteiger partial charge is 0.306 e. The molecule has 406 valence electrons. The lowest BCUT2D eigenvalue weighted by Crippen LogP contribution is -2.30. The van der Waals surface area contributed by atoms with Crippen molar-refractivity contribution in [3.05, 3.63) is 60.8 Å². The van der Waals surface area contributed by atoms with E-state index in [0.717, 1.165) is 77.0 Å². The number of hydrogen-bond donors (Lipinski definition) is 0. The third-order valence-electron chi connectivity index (χ3n) is 13.3. The largest absolute Gasteiger partial charge is 0.462 e. The van der Waals surface area contributed by atoms with Crippen LogP contribution in [0.1, 0.15) is 310 Å². The summed E-state index contributed by atoms with van der Waals surface area (Å²) in [7, 11) is 0. The second kappa shape index (κ2) is 58.7. The standard InChI is InChI=1S/C64H114O6/c1-4-7-10-13-16-19-22-25-27-28-29-30-31-32-33-34-35-36-37-40-42-45-48-51-54-57-63(66)69-60-61(59-68-62(65)56-53-50-47-44-41-38-24-21-18-15-12-9-6-3)70-64(67)58-55-52-49-46-43-39-26-23-20-17-14-11-8-5-2/h9,12,18,21,23,26,38,41,47,50,61H,4-8,10-11,13-17,19-20,22,24-25,27-37,39-40,42-46,48-49,51-60H2,1-3H3/b12-9-,21-18-,26-23-,41-38-,50-47-. The van der Waals surface area contributed by atoms with E-state index in [1.54, 1.807) is 0 Å². The van der Waals surface area contributed by atoms with Crippen LogP contribution in [0.15, 0.2) is 60.8 Å². The van der Waals surface area contributed by atoms with E-state index >= 15 is 0 Å². The molecule has 6 heteroatoms. The second-order valence-corrected chi connectivity index (χ2v) is 20.2. The summed E-state index contributed by atoms with van der Waals surface area (Å²) < 4.78 is 16.8. The van der Waals surface area contributed by atoms with Gasteiger partial charge >= 0.3 is 17.9 Å². The van der Waals surface area contributed by atoms with Gasteiger partial charge in [-0.2, -0.15) is 0 Å². The summed E-state index contributed by atoms with van der Waals surface area (Å²) >= 11 is 0. The summed E-state index contributed by atoms with van der Waals surface area (Å²) in [6, 6.07) is 0. The van der Waals surface area contributed by atoms with Crippen molar-refractivity contribution < 1.29 is 28.6 Å². The fraction of sp³-hybridized carbons (Fsp3) is 0.797. The molecule has 0 saturated heterocycles. The molecule has 0 aliphatic heterocycles. The predicted molar refractivity (Wildman–Crippen MR) is 302 cm³/mol. The summed E-state index contributed by atoms with van der Waals surface area (Å²) in [5, 5.41) is 0. The van der Waals surface area contributed by atoms with Gasteiger partial charge in [0.05, 0.1) is 0 Å². The number of hydrogen-bond acceptors (Lipinski definition) is 6. The molecule has 0 radical (unpaired) electrons. The molecule has 0 aliphatic rings. The van der Waals surface area contributed by atoms with Crippen LogP contribution >= 0.6 is 0 Å². The molecule has 0 bridgehead atoms. The van der Waals surface area contributed by atoms with Gasteiger partial charge in [0, 0.05) is 19.3 Å². The minimum atomic E-state index is -0.805. The normalized spacial score (nSPS) is 12.4. The first-order valence-corrected chi connectivity index (χ1v) is 30.3. The van der Waals surface area contributed by atoms with Crippen molar-refractivity contribution in [3.63, 3.8) is 0 Å². The zero-order chi connectivity index (χ0) is 50.7. The first-order valence-electron chi connectivity index (χ1n) is 30.3. The molecule has 6 nitrogen and oxygen atoms in total. The third-order valence-corrected chi connectivity index (χ3v) is 13.3. The van der Waals surface area contributed by atoms with Gasteiger partial charge in [-0.1, -0.05) is 281 Å². The van der Waals surface area contributed by atoms with Crippen molar-refractivity contribution in [1.82, 2.24) is 0 Å². The Bertz CT molecular complexity index is 1260. The molecule has 1 unspecified atom stereocenters. The van der Waals surface area contributed by atoms with Gasteiger partial charge < -0.3 is 14.2 Å². The topological polar surface area (TPSA) is 78.9 Å². The molecule has 1 atom stereocenters. The molecular formula is C64H114O6. The first-order chi connectivity index (χ1) is 34.5. The molecular weight excluding hydrogens is 865 g/mol. The fourth-order valence-electron chi connectivity index (χ4n) is 8.75. The van der Waals surface area contributed by atoms with Crippen molar-refractivity contribution in [2.24, 2.45) is 0 Å². The van der Waals surface area contributed by atoms with Crippen LogP contribution in [0.4, 0.5) is 0 Å². The number of esters is 3. The van der Waals surface area contributed by atoms with Crippen molar-refractivity contribution in [1.29, 1.82) is 0 Å². The quantitative estimate of drug-likeness (QED) is 0.0261. The van der Waals surface area contributed by atoms with E-state index in [-0.39, 0.29) is 37.5 Å². The van der Waals surface area contributed by atoms with Gasteiger partial charge in [0.1, 0.15) is 13.2 Å². The van der Waals surface area contributed by atoms with E-state index in [1.807, 2.05) is 6.08 Å². The summed E-state index contributed by atoms with van der Waals surface area (Å²) in [6.07, 6.45) is 73.9. The van der Waals surface area contributed by atoms with E-state index in [1.165, 1.54) is 186 Å². The Morgan fingerprint density at radius 1 is 0.300 bits per heavy atom. The minimum absolute atomic E-state index is 0.0968. The van der Waals surface area contributed by atoms with Gasteiger partial charge in [-0.25, -0.2) is 0 Å². The van der Waals surface area contributed by atoms with Gasteiger partial charge in [-0.15, -0.1) is 0 Å². The first kappa shape index (κ1) is 67.1. The molecule has 0 aromatic rings. The molecule has 0 amide bonds. The molecule has 70 heavy (non-hydrogen) atoms. The number of carbonyl (C=O) groups excluding carboxylic acids is 3. The Morgan fingerprint density at radius 3 is 0.957 bits per heavy atom. The SMILES string of the molecule is CC/C=C\C/C=C\C/C=C\C/C=C\CCC(=O)OCC(COC(=O)CCCCCCCCCCCCCCCCCCCCCCCCCCC)OC(=O)CCCCCCC/C=C\CCCCCCC. The van der Waals surface area contributed by atoms with Crippen molar-refractivity contribution in [2.75, 3.05) is 13.2 Å². The summed E-state index contributed by atoms with van der Waals surface area (Å²) in [6.45, 7) is 6.48. The van der Waals surface area contributed by atoms with Crippen molar-refractivity contribution in [3.8, 4) is 0 Å². The van der Waals surface area contributed by atoms with Crippen LogP contribution in [0.2, 0.25) is 0 Å². The average molecular weight is 980 g/mol. The van der Waals surface area contributed by atoms with Crippen molar-refractivity contribution in [2.45, 2.75) is 316 Å². The highest BCUT2D eigenvalue weighted by Gasteiger charge is 2.19. The number of unbranched alkanes of at least 4 members (excludes halogenated alkanes) is 34. The van der Waals surface area contributed by atoms with E-state index in [9.17, 15) is 14.4 Å². The van der Waals surface area contributed by atoms with E-state index in [4.69, 9.17) is 14.2 Å². The zero-order valence-electron chi connectivity index (χ0n) is 46.5. The lowest BCUT2D eigenvalue weighted by Gasteiger charge is -2.18. The van der Waals surface area contributed by atoms with Crippen LogP contribution in [-0.4, -0.2) is 37.2 Å². The highest BCUT2D eigenvalue weighted by molar-refractivity contribution is 5.71. The molecule has 0 fully saturated rings. The number of allylic oxidation sites excluding steroid dienone is 10. The maximum Gasteiger partial charge on any atom is 0.306 e. The minimum Gasteiger partial charge on any atom is -0.462 e. The molecule has 0 aromatic carbocycles. The molecule has 0 aliphatic carbocycles. The molecule has 0 N–H and O–H groups in total. The molecule has 0 aromatic heterocycles. The Labute approximate surface area is 434 Å². The van der Waals surface area contributed by atoms with Crippen LogP contribution in [0.25, 0.3) is 0 Å². The van der Waals surface area contributed by atoms with Crippen LogP contribution in [-0.2, 0) is 28.6 Å². The Balaban J connectivity index is 4.27. The van der Waals surface area contributed by atoms with Crippen LogP contribution < -0.4 is 0 Å². The Morgan fingerprint density at radius 2 is 0.586 bits per heavy atom. The Kier molecular flexibility index (Phi) is 56.3. The monoisotopic (exact) mass is 979 g/mol. The van der Waals surface area contributed by atoms with Crippen LogP contribution in [0, 0.1) is 0 Å². The molecule has 0 spiro atoms. The second-order valence-electron chi connectivity index (χ2n) is 20.2. The van der Waals surface area contributed by atoms with E-state index in [2.05, 4.69) is 75.5 Å². The fourth-order valence-corrected chi connectivity index (χ4v) is 8.75. The maximum absolute atomic E-state index is 12.8. The van der Waals surface area contributed by atoms with Crippen LogP contribution in [0.3, 0.4) is 0 Å². The van der Waals surface area contributed by atoms with Gasteiger partial charge in [-0.05, 0) is 70.6 Å². The van der Waals surface area contributed by atoms with Gasteiger partial charge in [-0.3, -0.25) is 14.4 Å². The Hall–Kier alpha value is -2.89. The molecule has 0 rings (SSSR count). The highest BCUT2D eigenvalue weighted by Crippen LogP contribution is 2.17. The van der Waals surface area contributed by atoms with Crippen molar-refractivity contribution >= 4 is 17.9 Å². The number of rotatable bonds is 55. The summed E-state index contributed by atoms with van der Waals surface area (Å²) in [5.74, 6) is -0.978. The zero-order valence-corrected chi connectivity index (χ0v) is 46.5. The summed E-state index contributed by atoms with van der Waals surface area (Å²) in [5.41, 5.74) is 0. The molecule has 0 saturated carbocycles. The maximum atomic E-state index is 12.8. The van der Waals surface area contributed by atoms with E-state index in [0.29, 0.717) is 19.3 Å². The number of ether oxygens (including phenoxy) is 3. The lowest BCUT2D eigenvalue weighted by molar-refractivity contribution is -0.166. The molecule has 0 heterocycles. The van der Waals surface area contributed by atoms with E-state index < -0.39 is 6.10 Å². The average Bonchev–Trinajstić information content (AvgIpc) is 3.36. The number of carbonyl (C=O) groups is 3. The van der Waals surface area contributed by atoms with Crippen LogP contribution in [0.5, 0.6) is 0 Å². The highest BCUT2D eigenvalue weighted by atomic mass is 16.6.